The highest BCUT2D eigenvalue weighted by Gasteiger charge is 2.21. The Morgan fingerprint density at radius 1 is 1.03 bits per heavy atom. The van der Waals surface area contributed by atoms with Crippen molar-refractivity contribution in [2.24, 2.45) is 7.05 Å². The van der Waals surface area contributed by atoms with E-state index in [4.69, 9.17) is 0 Å². The molecule has 37 heavy (non-hydrogen) atoms. The molecule has 0 saturated heterocycles. The van der Waals surface area contributed by atoms with Crippen molar-refractivity contribution in [1.29, 1.82) is 5.26 Å². The van der Waals surface area contributed by atoms with Crippen molar-refractivity contribution in [3.63, 3.8) is 0 Å². The summed E-state index contributed by atoms with van der Waals surface area (Å²) in [5.41, 5.74) is 6.91. The van der Waals surface area contributed by atoms with Crippen molar-refractivity contribution in [2.75, 3.05) is 0 Å². The monoisotopic (exact) mass is 485 g/mol. The summed E-state index contributed by atoms with van der Waals surface area (Å²) in [6.45, 7) is 9.66. The Morgan fingerprint density at radius 3 is 2.46 bits per heavy atom. The molecule has 0 atom stereocenters. The fraction of sp³-hybridized carbons (Fsp3) is 0.161. The molecule has 0 aliphatic heterocycles. The van der Waals surface area contributed by atoms with Crippen molar-refractivity contribution in [2.45, 2.75) is 26.2 Å². The van der Waals surface area contributed by atoms with E-state index >= 15 is 0 Å². The number of aryl methyl sites for hydroxylation is 1. The summed E-state index contributed by atoms with van der Waals surface area (Å²) < 4.78 is 3.33. The van der Waals surface area contributed by atoms with Gasteiger partial charge in [-0.25, -0.2) is 4.79 Å². The fourth-order valence-corrected chi connectivity index (χ4v) is 4.62. The highest BCUT2D eigenvalue weighted by molar-refractivity contribution is 6.04. The van der Waals surface area contributed by atoms with Crippen molar-refractivity contribution in [3.8, 4) is 22.9 Å². The van der Waals surface area contributed by atoms with Gasteiger partial charge in [0.2, 0.25) is 0 Å². The van der Waals surface area contributed by atoms with Crippen LogP contribution in [0, 0.1) is 11.3 Å². The highest BCUT2D eigenvalue weighted by atomic mass is 16.1. The lowest BCUT2D eigenvalue weighted by Crippen LogP contribution is -2.21. The normalized spacial score (nSPS) is 11.9. The van der Waals surface area contributed by atoms with Crippen LogP contribution in [0.3, 0.4) is 0 Å². The van der Waals surface area contributed by atoms with Gasteiger partial charge in [-0.1, -0.05) is 36.9 Å². The summed E-state index contributed by atoms with van der Waals surface area (Å²) in [6, 6.07) is 18.1. The predicted molar refractivity (Wildman–Crippen MR) is 150 cm³/mol. The van der Waals surface area contributed by atoms with Gasteiger partial charge in [0.1, 0.15) is 0 Å². The van der Waals surface area contributed by atoms with Crippen LogP contribution in [-0.4, -0.2) is 19.1 Å². The van der Waals surface area contributed by atoms with E-state index in [0.29, 0.717) is 0 Å². The van der Waals surface area contributed by atoms with Gasteiger partial charge in [-0.05, 0) is 68.3 Å². The lowest BCUT2D eigenvalue weighted by atomic mass is 9.86. The maximum Gasteiger partial charge on any atom is 0.333 e. The molecule has 0 fully saturated rings. The van der Waals surface area contributed by atoms with Gasteiger partial charge in [0.25, 0.3) is 0 Å². The second-order valence-electron chi connectivity index (χ2n) is 9.59. The summed E-state index contributed by atoms with van der Waals surface area (Å²) in [5, 5.41) is 10.4. The zero-order chi connectivity index (χ0) is 26.3. The zero-order valence-corrected chi connectivity index (χ0v) is 21.4. The Morgan fingerprint density at radius 2 is 1.78 bits per heavy atom. The van der Waals surface area contributed by atoms with Crippen LogP contribution in [0.25, 0.3) is 50.9 Å². The van der Waals surface area contributed by atoms with Crippen molar-refractivity contribution in [1.82, 2.24) is 19.1 Å². The van der Waals surface area contributed by atoms with E-state index in [1.54, 1.807) is 28.5 Å². The number of nitrogens with zero attached hydrogens (tertiary/aromatic N) is 5. The number of rotatable bonds is 5. The minimum Gasteiger partial charge on any atom is -0.293 e. The minimum absolute atomic E-state index is 0.159. The van der Waals surface area contributed by atoms with Crippen molar-refractivity contribution in [3.05, 3.63) is 101 Å². The minimum atomic E-state index is -0.617. The second-order valence-corrected chi connectivity index (χ2v) is 9.59. The molecule has 6 nitrogen and oxygen atoms in total. The molecule has 5 rings (SSSR count). The predicted octanol–water partition coefficient (Wildman–Crippen LogP) is 6.42. The first-order valence-corrected chi connectivity index (χ1v) is 12.1. The van der Waals surface area contributed by atoms with Crippen LogP contribution in [0.4, 0.5) is 0 Å². The van der Waals surface area contributed by atoms with E-state index in [-0.39, 0.29) is 5.69 Å². The number of allylic oxidation sites excluding steroid dienone is 1. The summed E-state index contributed by atoms with van der Waals surface area (Å²) in [7, 11) is 1.76. The Bertz CT molecular complexity index is 1810. The summed E-state index contributed by atoms with van der Waals surface area (Å²) in [4.78, 5) is 22.7. The molecule has 0 unspecified atom stereocenters. The first-order valence-electron chi connectivity index (χ1n) is 12.1. The van der Waals surface area contributed by atoms with Crippen LogP contribution < -0.4 is 5.69 Å². The molecule has 3 aromatic heterocycles. The first kappa shape index (κ1) is 24.0. The molecule has 0 N–H and O–H groups in total. The molecule has 3 heterocycles. The number of benzene rings is 2. The van der Waals surface area contributed by atoms with Gasteiger partial charge < -0.3 is 0 Å². The fourth-order valence-electron chi connectivity index (χ4n) is 4.62. The van der Waals surface area contributed by atoms with Gasteiger partial charge in [0.15, 0.2) is 0 Å². The van der Waals surface area contributed by atoms with Gasteiger partial charge >= 0.3 is 5.69 Å². The number of fused-ring (bicyclic) bond motifs is 3. The average molecular weight is 486 g/mol. The third-order valence-corrected chi connectivity index (χ3v) is 6.84. The largest absolute Gasteiger partial charge is 0.333 e. The molecule has 182 valence electrons. The Balaban J connectivity index is 1.75. The molecule has 5 aromatic rings. The Kier molecular flexibility index (Phi) is 5.85. The lowest BCUT2D eigenvalue weighted by Gasteiger charge is -2.16. The van der Waals surface area contributed by atoms with Crippen LogP contribution in [0.2, 0.25) is 0 Å². The van der Waals surface area contributed by atoms with Gasteiger partial charge in [-0.2, -0.15) is 5.26 Å². The van der Waals surface area contributed by atoms with Crippen LogP contribution in [0.5, 0.6) is 0 Å². The maximum absolute atomic E-state index is 13.4. The first-order chi connectivity index (χ1) is 17.8. The molecule has 6 heteroatoms. The van der Waals surface area contributed by atoms with E-state index in [9.17, 15) is 10.1 Å². The van der Waals surface area contributed by atoms with Crippen molar-refractivity contribution < 1.29 is 0 Å². The van der Waals surface area contributed by atoms with Crippen LogP contribution in [0.15, 0.2) is 78.4 Å². The molecule has 0 spiro atoms. The number of hydrogen-bond donors (Lipinski definition) is 0. The molecule has 0 aliphatic rings. The van der Waals surface area contributed by atoms with Crippen LogP contribution in [-0.2, 0) is 12.5 Å². The number of hydrogen-bond acceptors (Lipinski definition) is 4. The Hall–Kier alpha value is -4.76. The van der Waals surface area contributed by atoms with Gasteiger partial charge in [0, 0.05) is 29.8 Å². The zero-order valence-electron chi connectivity index (χ0n) is 21.4. The number of imidazole rings is 1. The lowest BCUT2D eigenvalue weighted by molar-refractivity contribution is 0.686. The van der Waals surface area contributed by atoms with Gasteiger partial charge in [-0.15, -0.1) is 0 Å². The standard InChI is InChI=1S/C31H27N5O/c1-6-8-26-20(7-2)15-22(17-33-26)21-9-14-27-25(16-21)29-28(18-34-27)35(5)30(37)36(29)24-12-10-23(11-13-24)31(3,4)19-32/h6-18H,2H2,1,3-5H3/b8-6-. The van der Waals surface area contributed by atoms with Gasteiger partial charge in [0.05, 0.1) is 45.6 Å². The highest BCUT2D eigenvalue weighted by Crippen LogP contribution is 2.31. The Labute approximate surface area is 215 Å². The smallest absolute Gasteiger partial charge is 0.293 e. The SMILES string of the molecule is C=Cc1cc(-c2ccc3ncc4c(c3c2)n(-c2ccc(C(C)(C)C#N)cc2)c(=O)n4C)cnc1/C=C\C. The summed E-state index contributed by atoms with van der Waals surface area (Å²) in [6.07, 6.45) is 9.31. The van der Waals surface area contributed by atoms with E-state index in [1.165, 1.54) is 0 Å². The number of nitriles is 1. The van der Waals surface area contributed by atoms with E-state index in [0.717, 1.165) is 55.6 Å². The molecule has 0 aliphatic carbocycles. The maximum atomic E-state index is 13.4. The number of pyridine rings is 2. The second kappa shape index (κ2) is 9.03. The van der Waals surface area contributed by atoms with Crippen LogP contribution >= 0.6 is 0 Å². The van der Waals surface area contributed by atoms with Crippen molar-refractivity contribution >= 4 is 34.1 Å². The van der Waals surface area contributed by atoms with E-state index in [2.05, 4.69) is 34.7 Å². The summed E-state index contributed by atoms with van der Waals surface area (Å²) >= 11 is 0. The average Bonchev–Trinajstić information content (AvgIpc) is 3.18. The third-order valence-electron chi connectivity index (χ3n) is 6.84. The topological polar surface area (TPSA) is 76.5 Å². The van der Waals surface area contributed by atoms with E-state index in [1.807, 2.05) is 75.5 Å². The van der Waals surface area contributed by atoms with Gasteiger partial charge in [-0.3, -0.25) is 19.1 Å². The molecule has 2 aromatic carbocycles. The molecule has 0 radical (unpaired) electrons. The quantitative estimate of drug-likeness (QED) is 0.288. The molecular formula is C31H27N5O. The van der Waals surface area contributed by atoms with E-state index < -0.39 is 5.41 Å². The van der Waals surface area contributed by atoms with Crippen LogP contribution in [0.1, 0.15) is 37.6 Å². The molecule has 0 bridgehead atoms. The molecular weight excluding hydrogens is 458 g/mol. The summed E-state index contributed by atoms with van der Waals surface area (Å²) in [5.74, 6) is 0. The molecule has 0 amide bonds. The number of aromatic nitrogens is 4. The molecule has 0 saturated carbocycles. The third kappa shape index (κ3) is 3.95.